The van der Waals surface area contributed by atoms with Crippen LogP contribution in [0.5, 0.6) is 5.75 Å². The molecule has 3 N–H and O–H groups in total. The predicted octanol–water partition coefficient (Wildman–Crippen LogP) is 1.97. The fourth-order valence-electron chi connectivity index (χ4n) is 1.29. The minimum atomic E-state index is -0.348. The van der Waals surface area contributed by atoms with E-state index in [-0.39, 0.29) is 11.9 Å². The molecule has 0 fully saturated rings. The number of benzene rings is 1. The van der Waals surface area contributed by atoms with Crippen LogP contribution in [0.1, 0.15) is 19.8 Å². The summed E-state index contributed by atoms with van der Waals surface area (Å²) in [6.07, 6.45) is 1.39. The molecule has 0 saturated carbocycles. The Hall–Kier alpha value is -1.22. The number of phenolic OH excluding ortho intramolecular Hbond substituents is 1. The van der Waals surface area contributed by atoms with Crippen molar-refractivity contribution in [2.24, 2.45) is 0 Å². The van der Waals surface area contributed by atoms with Gasteiger partial charge in [0.15, 0.2) is 0 Å². The largest absolute Gasteiger partial charge is 0.506 e. The minimum Gasteiger partial charge on any atom is -0.506 e. The van der Waals surface area contributed by atoms with Crippen molar-refractivity contribution in [2.45, 2.75) is 25.9 Å². The second-order valence-corrected chi connectivity index (χ2v) is 3.34. The Bertz CT molecular complexity index is 276. The van der Waals surface area contributed by atoms with Crippen LogP contribution in [0.25, 0.3) is 0 Å². The molecule has 0 aliphatic heterocycles. The van der Waals surface area contributed by atoms with Gasteiger partial charge in [0.1, 0.15) is 5.75 Å². The monoisotopic (exact) mass is 195 g/mol. The molecule has 0 spiro atoms. The third kappa shape index (κ3) is 3.26. The van der Waals surface area contributed by atoms with E-state index in [1.807, 2.05) is 13.0 Å². The SMILES string of the molecule is CCCC(O)CNc1ccccc1O. The standard InChI is InChI=1S/C11H17NO2/c1-2-5-9(13)8-12-10-6-3-4-7-11(10)14/h3-4,6-7,9,12-14H,2,5,8H2,1H3. The van der Waals surface area contributed by atoms with Crippen LogP contribution in [-0.4, -0.2) is 22.9 Å². The molecule has 1 rings (SSSR count). The number of nitrogens with one attached hydrogen (secondary N) is 1. The molecule has 0 amide bonds. The molecular weight excluding hydrogens is 178 g/mol. The number of anilines is 1. The van der Waals surface area contributed by atoms with E-state index in [4.69, 9.17) is 0 Å². The summed E-state index contributed by atoms with van der Waals surface area (Å²) in [5.74, 6) is 0.219. The zero-order valence-corrected chi connectivity index (χ0v) is 8.40. The first-order valence-corrected chi connectivity index (χ1v) is 4.94. The summed E-state index contributed by atoms with van der Waals surface area (Å²) >= 11 is 0. The van der Waals surface area contributed by atoms with Crippen LogP contribution in [0, 0.1) is 0 Å². The lowest BCUT2D eigenvalue weighted by molar-refractivity contribution is 0.176. The molecule has 0 aromatic heterocycles. The third-order valence-corrected chi connectivity index (χ3v) is 2.05. The van der Waals surface area contributed by atoms with Gasteiger partial charge in [-0.05, 0) is 18.6 Å². The smallest absolute Gasteiger partial charge is 0.138 e. The van der Waals surface area contributed by atoms with Gasteiger partial charge in [0.25, 0.3) is 0 Å². The molecule has 1 aromatic rings. The van der Waals surface area contributed by atoms with E-state index in [2.05, 4.69) is 5.32 Å². The van der Waals surface area contributed by atoms with E-state index in [9.17, 15) is 10.2 Å². The topological polar surface area (TPSA) is 52.5 Å². The minimum absolute atomic E-state index is 0.219. The second-order valence-electron chi connectivity index (χ2n) is 3.34. The summed E-state index contributed by atoms with van der Waals surface area (Å²) in [5.41, 5.74) is 0.669. The summed E-state index contributed by atoms with van der Waals surface area (Å²) in [6.45, 7) is 2.51. The highest BCUT2D eigenvalue weighted by Gasteiger charge is 2.03. The van der Waals surface area contributed by atoms with Crippen LogP contribution in [0.15, 0.2) is 24.3 Å². The molecule has 0 aliphatic rings. The molecule has 78 valence electrons. The van der Waals surface area contributed by atoms with Gasteiger partial charge in [-0.1, -0.05) is 25.5 Å². The Balaban J connectivity index is 2.41. The summed E-state index contributed by atoms with van der Waals surface area (Å²) in [4.78, 5) is 0. The lowest BCUT2D eigenvalue weighted by Crippen LogP contribution is -2.18. The maximum atomic E-state index is 9.46. The van der Waals surface area contributed by atoms with Gasteiger partial charge < -0.3 is 15.5 Å². The van der Waals surface area contributed by atoms with E-state index in [0.29, 0.717) is 12.2 Å². The molecule has 0 aliphatic carbocycles. The predicted molar refractivity (Wildman–Crippen MR) is 57.5 cm³/mol. The van der Waals surface area contributed by atoms with E-state index in [1.165, 1.54) is 0 Å². The molecule has 1 unspecified atom stereocenters. The maximum Gasteiger partial charge on any atom is 0.138 e. The number of para-hydroxylation sites is 2. The number of phenols is 1. The highest BCUT2D eigenvalue weighted by molar-refractivity contribution is 5.55. The number of hydrogen-bond acceptors (Lipinski definition) is 3. The molecule has 0 bridgehead atoms. The Morgan fingerprint density at radius 2 is 2.07 bits per heavy atom. The Labute approximate surface area is 84.4 Å². The highest BCUT2D eigenvalue weighted by atomic mass is 16.3. The van der Waals surface area contributed by atoms with Gasteiger partial charge in [0.05, 0.1) is 11.8 Å². The van der Waals surface area contributed by atoms with Gasteiger partial charge >= 0.3 is 0 Å². The number of hydrogen-bond donors (Lipinski definition) is 3. The van der Waals surface area contributed by atoms with Gasteiger partial charge in [-0.3, -0.25) is 0 Å². The number of aliphatic hydroxyl groups is 1. The van der Waals surface area contributed by atoms with Gasteiger partial charge in [0, 0.05) is 6.54 Å². The molecule has 0 heterocycles. The Morgan fingerprint density at radius 3 is 2.71 bits per heavy atom. The summed E-state index contributed by atoms with van der Waals surface area (Å²) in [7, 11) is 0. The number of rotatable bonds is 5. The number of aliphatic hydroxyl groups excluding tert-OH is 1. The molecule has 3 nitrogen and oxygen atoms in total. The molecule has 1 aromatic carbocycles. The van der Waals surface area contributed by atoms with Crippen LogP contribution in [0.4, 0.5) is 5.69 Å². The molecular formula is C11H17NO2. The summed E-state index contributed by atoms with van der Waals surface area (Å²) in [6, 6.07) is 7.01. The van der Waals surface area contributed by atoms with Crippen LogP contribution < -0.4 is 5.32 Å². The van der Waals surface area contributed by atoms with E-state index >= 15 is 0 Å². The number of aromatic hydroxyl groups is 1. The molecule has 0 saturated heterocycles. The molecule has 3 heteroatoms. The second kappa shape index (κ2) is 5.50. The van der Waals surface area contributed by atoms with Crippen molar-refractivity contribution in [1.29, 1.82) is 0 Å². The quantitative estimate of drug-likeness (QED) is 0.629. The van der Waals surface area contributed by atoms with Crippen LogP contribution in [0.2, 0.25) is 0 Å². The van der Waals surface area contributed by atoms with Crippen molar-refractivity contribution in [1.82, 2.24) is 0 Å². The normalized spacial score (nSPS) is 12.4. The average molecular weight is 195 g/mol. The lowest BCUT2D eigenvalue weighted by atomic mass is 10.2. The average Bonchev–Trinajstić information content (AvgIpc) is 2.17. The lowest BCUT2D eigenvalue weighted by Gasteiger charge is -2.12. The van der Waals surface area contributed by atoms with Crippen molar-refractivity contribution in [3.8, 4) is 5.75 Å². The van der Waals surface area contributed by atoms with Gasteiger partial charge in [-0.15, -0.1) is 0 Å². The summed E-state index contributed by atoms with van der Waals surface area (Å²) in [5, 5.41) is 21.9. The van der Waals surface area contributed by atoms with E-state index in [1.54, 1.807) is 18.2 Å². The van der Waals surface area contributed by atoms with Crippen molar-refractivity contribution in [3.05, 3.63) is 24.3 Å². The maximum absolute atomic E-state index is 9.46. The first-order valence-electron chi connectivity index (χ1n) is 4.94. The Morgan fingerprint density at radius 1 is 1.36 bits per heavy atom. The van der Waals surface area contributed by atoms with Crippen molar-refractivity contribution < 1.29 is 10.2 Å². The zero-order valence-electron chi connectivity index (χ0n) is 8.40. The van der Waals surface area contributed by atoms with Crippen molar-refractivity contribution in [2.75, 3.05) is 11.9 Å². The van der Waals surface area contributed by atoms with Crippen LogP contribution in [-0.2, 0) is 0 Å². The van der Waals surface area contributed by atoms with Crippen molar-refractivity contribution >= 4 is 5.69 Å². The molecule has 14 heavy (non-hydrogen) atoms. The molecule has 1 atom stereocenters. The highest BCUT2D eigenvalue weighted by Crippen LogP contribution is 2.21. The van der Waals surface area contributed by atoms with Crippen LogP contribution >= 0.6 is 0 Å². The van der Waals surface area contributed by atoms with Gasteiger partial charge in [-0.2, -0.15) is 0 Å². The third-order valence-electron chi connectivity index (χ3n) is 2.05. The van der Waals surface area contributed by atoms with Gasteiger partial charge in [-0.25, -0.2) is 0 Å². The molecule has 0 radical (unpaired) electrons. The van der Waals surface area contributed by atoms with Gasteiger partial charge in [0.2, 0.25) is 0 Å². The Kier molecular flexibility index (Phi) is 4.26. The van der Waals surface area contributed by atoms with E-state index in [0.717, 1.165) is 12.8 Å². The van der Waals surface area contributed by atoms with Crippen LogP contribution in [0.3, 0.4) is 0 Å². The van der Waals surface area contributed by atoms with Crippen molar-refractivity contribution in [3.63, 3.8) is 0 Å². The van der Waals surface area contributed by atoms with E-state index < -0.39 is 0 Å². The first-order chi connectivity index (χ1) is 6.74. The summed E-state index contributed by atoms with van der Waals surface area (Å²) < 4.78 is 0. The zero-order chi connectivity index (χ0) is 10.4. The fraction of sp³-hybridized carbons (Fsp3) is 0.455. The first kappa shape index (κ1) is 10.9. The fourth-order valence-corrected chi connectivity index (χ4v) is 1.29.